The molecule has 13 nitrogen and oxygen atoms in total. The standard InChI is InChI=1S/C8H6O4.C8H4O3.C4H2O3.C4H10O3/c9-7(10)5-2-1-3-6(4-5)8(11)12;9-7-5-3-1-2-4-6(5)8(10)11-7;5-3-1-2-4(6)7-3;5-1-3-7-4-2-6/h1-4H,(H,9,10)(H,11,12);1-4H;1-2H;5-6H,1-4H2. The van der Waals surface area contributed by atoms with Crippen molar-refractivity contribution in [3.8, 4) is 0 Å². The summed E-state index contributed by atoms with van der Waals surface area (Å²) in [6.45, 7) is 0.696. The maximum Gasteiger partial charge on any atom is 0.346 e. The Balaban J connectivity index is 0.000000254. The van der Waals surface area contributed by atoms with Crippen LogP contribution in [0.15, 0.2) is 60.7 Å². The number of ether oxygens (including phenoxy) is 3. The molecule has 4 rings (SSSR count). The van der Waals surface area contributed by atoms with Gasteiger partial charge in [0.2, 0.25) is 0 Å². The predicted octanol–water partition coefficient (Wildman–Crippen LogP) is 0.694. The van der Waals surface area contributed by atoms with Crippen molar-refractivity contribution in [2.75, 3.05) is 26.4 Å². The van der Waals surface area contributed by atoms with Gasteiger partial charge in [-0.2, -0.15) is 0 Å². The molecule has 0 aliphatic carbocycles. The normalized spacial score (nSPS) is 12.5. The third-order valence-corrected chi connectivity index (χ3v) is 3.94. The predicted molar refractivity (Wildman–Crippen MR) is 122 cm³/mol. The van der Waals surface area contributed by atoms with Crippen LogP contribution < -0.4 is 0 Å². The number of fused-ring (bicyclic) bond motifs is 1. The third kappa shape index (κ3) is 11.0. The highest BCUT2D eigenvalue weighted by molar-refractivity contribution is 6.14. The minimum absolute atomic E-state index is 0.0186. The molecule has 13 heteroatoms. The van der Waals surface area contributed by atoms with Crippen molar-refractivity contribution in [3.63, 3.8) is 0 Å². The Labute approximate surface area is 209 Å². The van der Waals surface area contributed by atoms with Crippen molar-refractivity contribution < 1.29 is 63.4 Å². The summed E-state index contributed by atoms with van der Waals surface area (Å²) in [5.74, 6) is -4.51. The maximum absolute atomic E-state index is 10.8. The van der Waals surface area contributed by atoms with Gasteiger partial charge in [-0.25, -0.2) is 28.8 Å². The number of carboxylic acid groups (broad SMARTS) is 2. The van der Waals surface area contributed by atoms with Gasteiger partial charge in [0.25, 0.3) is 0 Å². The van der Waals surface area contributed by atoms with Crippen LogP contribution >= 0.6 is 0 Å². The monoisotopic (exact) mass is 518 g/mol. The van der Waals surface area contributed by atoms with E-state index in [4.69, 9.17) is 20.4 Å². The Morgan fingerprint density at radius 3 is 1.43 bits per heavy atom. The van der Waals surface area contributed by atoms with Gasteiger partial charge in [-0.1, -0.05) is 18.2 Å². The van der Waals surface area contributed by atoms with Crippen molar-refractivity contribution in [2.24, 2.45) is 0 Å². The minimum Gasteiger partial charge on any atom is -0.478 e. The Kier molecular flexibility index (Phi) is 13.1. The molecule has 2 aliphatic heterocycles. The lowest BCUT2D eigenvalue weighted by atomic mass is 10.1. The number of rotatable bonds is 6. The number of carbonyl (C=O) groups is 6. The van der Waals surface area contributed by atoms with Gasteiger partial charge in [0.15, 0.2) is 0 Å². The van der Waals surface area contributed by atoms with E-state index >= 15 is 0 Å². The summed E-state index contributed by atoms with van der Waals surface area (Å²) in [7, 11) is 0. The fourth-order valence-electron chi connectivity index (χ4n) is 2.35. The second-order valence-electron chi connectivity index (χ2n) is 6.55. The van der Waals surface area contributed by atoms with Gasteiger partial charge < -0.3 is 34.6 Å². The van der Waals surface area contributed by atoms with Crippen molar-refractivity contribution >= 4 is 35.8 Å². The van der Waals surface area contributed by atoms with Crippen molar-refractivity contribution in [3.05, 3.63) is 82.9 Å². The molecule has 0 unspecified atom stereocenters. The smallest absolute Gasteiger partial charge is 0.346 e. The molecule has 0 saturated heterocycles. The molecule has 37 heavy (non-hydrogen) atoms. The second-order valence-corrected chi connectivity index (χ2v) is 6.55. The molecular formula is C24H22O13. The third-order valence-electron chi connectivity index (χ3n) is 3.94. The van der Waals surface area contributed by atoms with Crippen LogP contribution in [-0.4, -0.2) is 82.7 Å². The first-order valence-corrected chi connectivity index (χ1v) is 10.3. The molecule has 2 aromatic rings. The number of hydrogen-bond donors (Lipinski definition) is 4. The number of hydrogen-bond acceptors (Lipinski definition) is 11. The van der Waals surface area contributed by atoms with E-state index in [9.17, 15) is 28.8 Å². The topological polar surface area (TPSA) is 211 Å². The van der Waals surface area contributed by atoms with Crippen molar-refractivity contribution in [1.29, 1.82) is 0 Å². The van der Waals surface area contributed by atoms with Crippen LogP contribution in [0.2, 0.25) is 0 Å². The molecule has 4 N–H and O–H groups in total. The van der Waals surface area contributed by atoms with E-state index in [-0.39, 0.29) is 24.3 Å². The zero-order valence-electron chi connectivity index (χ0n) is 19.1. The molecule has 196 valence electrons. The molecule has 0 fully saturated rings. The summed E-state index contributed by atoms with van der Waals surface area (Å²) in [5, 5.41) is 33.2. The number of cyclic esters (lactones) is 4. The number of aromatic carboxylic acids is 2. The van der Waals surface area contributed by atoms with Crippen LogP contribution in [0.1, 0.15) is 41.4 Å². The summed E-state index contributed by atoms with van der Waals surface area (Å²) in [5.41, 5.74) is 0.680. The highest BCUT2D eigenvalue weighted by atomic mass is 16.6. The Hall–Kier alpha value is -4.72. The van der Waals surface area contributed by atoms with Crippen LogP contribution in [0.25, 0.3) is 0 Å². The first-order chi connectivity index (χ1) is 17.6. The average Bonchev–Trinajstić information content (AvgIpc) is 3.41. The molecule has 2 heterocycles. The minimum atomic E-state index is -1.13. The maximum atomic E-state index is 10.8. The van der Waals surface area contributed by atoms with Gasteiger partial charge in [0.05, 0.1) is 48.7 Å². The van der Waals surface area contributed by atoms with Gasteiger partial charge in [0.1, 0.15) is 0 Å². The molecule has 0 aromatic heterocycles. The molecule has 0 atom stereocenters. The quantitative estimate of drug-likeness (QED) is 0.236. The van der Waals surface area contributed by atoms with E-state index in [0.717, 1.165) is 18.2 Å². The van der Waals surface area contributed by atoms with E-state index in [1.807, 2.05) is 0 Å². The summed E-state index contributed by atoms with van der Waals surface area (Å²) >= 11 is 0. The van der Waals surface area contributed by atoms with Crippen LogP contribution in [0, 0.1) is 0 Å². The molecule has 0 saturated carbocycles. The number of carboxylic acids is 2. The Morgan fingerprint density at radius 2 is 1.11 bits per heavy atom. The SMILES string of the molecule is O=C(O)c1cccc(C(=O)O)c1.O=C1C=CC(=O)O1.O=C1OC(=O)c2ccccc21.OCCOCCO. The van der Waals surface area contributed by atoms with E-state index in [1.54, 1.807) is 24.3 Å². The molecule has 2 aliphatic rings. The zero-order valence-corrected chi connectivity index (χ0v) is 19.1. The van der Waals surface area contributed by atoms with Crippen LogP contribution in [0.4, 0.5) is 0 Å². The number of carbonyl (C=O) groups excluding carboxylic acids is 4. The first kappa shape index (κ1) is 30.3. The first-order valence-electron chi connectivity index (χ1n) is 10.3. The number of aliphatic hydroxyl groups is 2. The van der Waals surface area contributed by atoms with Crippen LogP contribution in [0.3, 0.4) is 0 Å². The van der Waals surface area contributed by atoms with Crippen LogP contribution in [0.5, 0.6) is 0 Å². The van der Waals surface area contributed by atoms with Crippen LogP contribution in [-0.2, 0) is 23.8 Å². The zero-order chi connectivity index (χ0) is 27.8. The molecule has 2 aromatic carbocycles. The van der Waals surface area contributed by atoms with Gasteiger partial charge >= 0.3 is 35.8 Å². The van der Waals surface area contributed by atoms with Gasteiger partial charge in [-0.3, -0.25) is 0 Å². The Bertz CT molecular complexity index is 1080. The lowest BCUT2D eigenvalue weighted by Gasteiger charge is -1.95. The number of benzene rings is 2. The Morgan fingerprint density at radius 1 is 0.676 bits per heavy atom. The molecule has 0 amide bonds. The summed E-state index contributed by atoms with van der Waals surface area (Å²) in [4.78, 5) is 62.3. The summed E-state index contributed by atoms with van der Waals surface area (Å²) in [6.07, 6.45) is 2.17. The highest BCUT2D eigenvalue weighted by Gasteiger charge is 2.28. The summed E-state index contributed by atoms with van der Waals surface area (Å²) in [6, 6.07) is 11.7. The average molecular weight is 518 g/mol. The molecular weight excluding hydrogens is 496 g/mol. The van der Waals surface area contributed by atoms with Gasteiger partial charge in [0, 0.05) is 12.2 Å². The molecule has 0 bridgehead atoms. The van der Waals surface area contributed by atoms with E-state index < -0.39 is 35.8 Å². The van der Waals surface area contributed by atoms with E-state index in [0.29, 0.717) is 24.3 Å². The highest BCUT2D eigenvalue weighted by Crippen LogP contribution is 2.18. The second kappa shape index (κ2) is 16.0. The van der Waals surface area contributed by atoms with E-state index in [1.165, 1.54) is 18.2 Å². The fourth-order valence-corrected chi connectivity index (χ4v) is 2.35. The lowest BCUT2D eigenvalue weighted by molar-refractivity contribution is -0.150. The number of esters is 4. The van der Waals surface area contributed by atoms with Gasteiger partial charge in [-0.05, 0) is 30.3 Å². The fraction of sp³-hybridized carbons (Fsp3) is 0.167. The van der Waals surface area contributed by atoms with Crippen molar-refractivity contribution in [1.82, 2.24) is 0 Å². The molecule has 0 radical (unpaired) electrons. The molecule has 0 spiro atoms. The summed E-state index contributed by atoms with van der Waals surface area (Å²) < 4.78 is 13.0. The van der Waals surface area contributed by atoms with E-state index in [2.05, 4.69) is 14.2 Å². The van der Waals surface area contributed by atoms with Crippen molar-refractivity contribution in [2.45, 2.75) is 0 Å². The van der Waals surface area contributed by atoms with Gasteiger partial charge in [-0.15, -0.1) is 0 Å². The number of aliphatic hydroxyl groups excluding tert-OH is 2. The lowest BCUT2D eigenvalue weighted by Crippen LogP contribution is -2.03. The largest absolute Gasteiger partial charge is 0.478 e.